The number of aromatic nitrogens is 2. The van der Waals surface area contributed by atoms with Crippen molar-refractivity contribution in [1.82, 2.24) is 14.9 Å². The minimum absolute atomic E-state index is 0.0644. The van der Waals surface area contributed by atoms with Crippen LogP contribution in [-0.4, -0.2) is 27.3 Å². The van der Waals surface area contributed by atoms with Gasteiger partial charge in [0.15, 0.2) is 0 Å². The highest BCUT2D eigenvalue weighted by Gasteiger charge is 2.44. The summed E-state index contributed by atoms with van der Waals surface area (Å²) in [6.45, 7) is 9.17. The molecule has 1 atom stereocenters. The largest absolute Gasteiger partial charge is 0.340 e. The summed E-state index contributed by atoms with van der Waals surface area (Å²) in [5.74, 6) is 0.939. The number of hydrogen-bond donors (Lipinski definition) is 1. The van der Waals surface area contributed by atoms with E-state index in [1.807, 2.05) is 29.2 Å². The molecule has 162 valence electrons. The van der Waals surface area contributed by atoms with Crippen LogP contribution in [0.2, 0.25) is 0 Å². The third-order valence-electron chi connectivity index (χ3n) is 7.09. The van der Waals surface area contributed by atoms with Gasteiger partial charge in [0.25, 0.3) is 5.91 Å². The number of likely N-dealkylation sites (tertiary alicyclic amines) is 1. The zero-order valence-corrected chi connectivity index (χ0v) is 19.2. The van der Waals surface area contributed by atoms with Crippen molar-refractivity contribution < 1.29 is 4.79 Å². The van der Waals surface area contributed by atoms with Gasteiger partial charge in [-0.15, -0.1) is 0 Å². The van der Waals surface area contributed by atoms with E-state index >= 15 is 0 Å². The number of rotatable bonds is 3. The SMILES string of the molecule is Cc1ccc(-c2ccccc2C(=O)N2CCCC2(C)c2nc3c(C)c(C)ccc3[nH]2)cc1. The quantitative estimate of drug-likeness (QED) is 0.420. The fraction of sp³-hybridized carbons (Fsp3) is 0.286. The van der Waals surface area contributed by atoms with Gasteiger partial charge in [-0.25, -0.2) is 4.98 Å². The van der Waals surface area contributed by atoms with Crippen LogP contribution in [-0.2, 0) is 5.54 Å². The van der Waals surface area contributed by atoms with E-state index in [0.29, 0.717) is 0 Å². The van der Waals surface area contributed by atoms with Gasteiger partial charge in [0.1, 0.15) is 5.82 Å². The average molecular weight is 424 g/mol. The van der Waals surface area contributed by atoms with E-state index in [2.05, 4.69) is 69.1 Å². The van der Waals surface area contributed by atoms with Gasteiger partial charge in [0.05, 0.1) is 16.6 Å². The lowest BCUT2D eigenvalue weighted by atomic mass is 9.94. The minimum atomic E-state index is -0.461. The highest BCUT2D eigenvalue weighted by Crippen LogP contribution is 2.40. The molecule has 1 unspecified atom stereocenters. The zero-order chi connectivity index (χ0) is 22.5. The van der Waals surface area contributed by atoms with Gasteiger partial charge < -0.3 is 9.88 Å². The second-order valence-corrected chi connectivity index (χ2v) is 9.23. The van der Waals surface area contributed by atoms with E-state index < -0.39 is 5.54 Å². The number of aromatic amines is 1. The lowest BCUT2D eigenvalue weighted by Crippen LogP contribution is -2.43. The summed E-state index contributed by atoms with van der Waals surface area (Å²) < 4.78 is 0. The van der Waals surface area contributed by atoms with Crippen molar-refractivity contribution in [2.45, 2.75) is 46.1 Å². The van der Waals surface area contributed by atoms with Crippen LogP contribution in [0.1, 0.15) is 52.6 Å². The molecule has 2 heterocycles. The van der Waals surface area contributed by atoms with Gasteiger partial charge in [0.2, 0.25) is 0 Å². The summed E-state index contributed by atoms with van der Waals surface area (Å²) >= 11 is 0. The Hall–Kier alpha value is -3.40. The number of hydrogen-bond acceptors (Lipinski definition) is 2. The molecule has 4 aromatic rings. The number of carbonyl (C=O) groups excluding carboxylic acids is 1. The Labute approximate surface area is 189 Å². The Balaban J connectivity index is 1.56. The number of imidazole rings is 1. The topological polar surface area (TPSA) is 49.0 Å². The van der Waals surface area contributed by atoms with E-state index in [0.717, 1.165) is 52.9 Å². The number of nitrogens with one attached hydrogen (secondary N) is 1. The number of benzene rings is 3. The van der Waals surface area contributed by atoms with E-state index in [1.54, 1.807) is 0 Å². The van der Waals surface area contributed by atoms with Crippen LogP contribution in [0.15, 0.2) is 60.7 Å². The van der Waals surface area contributed by atoms with Crippen LogP contribution >= 0.6 is 0 Å². The van der Waals surface area contributed by atoms with Gasteiger partial charge in [-0.2, -0.15) is 0 Å². The number of amides is 1. The molecular weight excluding hydrogens is 394 g/mol. The van der Waals surface area contributed by atoms with Gasteiger partial charge in [-0.05, 0) is 74.9 Å². The molecule has 0 saturated carbocycles. The van der Waals surface area contributed by atoms with Crippen molar-refractivity contribution in [2.75, 3.05) is 6.54 Å². The summed E-state index contributed by atoms with van der Waals surface area (Å²) in [5.41, 5.74) is 7.98. The first kappa shape index (κ1) is 20.5. The molecule has 4 nitrogen and oxygen atoms in total. The van der Waals surface area contributed by atoms with Crippen molar-refractivity contribution in [2.24, 2.45) is 0 Å². The highest BCUT2D eigenvalue weighted by atomic mass is 16.2. The number of carbonyl (C=O) groups is 1. The molecule has 3 aromatic carbocycles. The molecule has 0 bridgehead atoms. The second-order valence-electron chi connectivity index (χ2n) is 9.23. The Morgan fingerprint density at radius 2 is 1.75 bits per heavy atom. The lowest BCUT2D eigenvalue weighted by Gasteiger charge is -2.34. The zero-order valence-electron chi connectivity index (χ0n) is 19.2. The number of fused-ring (bicyclic) bond motifs is 1. The van der Waals surface area contributed by atoms with Crippen LogP contribution in [0.25, 0.3) is 22.2 Å². The van der Waals surface area contributed by atoms with Gasteiger partial charge in [-0.1, -0.05) is 54.1 Å². The van der Waals surface area contributed by atoms with E-state index in [1.165, 1.54) is 16.7 Å². The van der Waals surface area contributed by atoms with Crippen molar-refractivity contribution >= 4 is 16.9 Å². The second kappa shape index (κ2) is 7.63. The third kappa shape index (κ3) is 3.22. The standard InChI is InChI=1S/C28H29N3O/c1-18-10-13-21(14-11-18)22-8-5-6-9-23(22)26(32)31-17-7-16-28(31,4)27-29-24-15-12-19(2)20(3)25(24)30-27/h5-6,8-15H,7,16-17H2,1-4H3,(H,29,30). The molecule has 1 fully saturated rings. The van der Waals surface area contributed by atoms with Crippen LogP contribution < -0.4 is 0 Å². The molecule has 1 amide bonds. The van der Waals surface area contributed by atoms with E-state index in [-0.39, 0.29) is 5.91 Å². The van der Waals surface area contributed by atoms with Gasteiger partial charge in [0, 0.05) is 12.1 Å². The first-order chi connectivity index (χ1) is 15.4. The Kier molecular flexibility index (Phi) is 4.89. The maximum atomic E-state index is 13.9. The highest BCUT2D eigenvalue weighted by molar-refractivity contribution is 6.01. The normalized spacial score (nSPS) is 18.4. The summed E-state index contributed by atoms with van der Waals surface area (Å²) in [5, 5.41) is 0. The molecule has 32 heavy (non-hydrogen) atoms. The molecule has 0 spiro atoms. The fourth-order valence-corrected chi connectivity index (χ4v) is 4.90. The van der Waals surface area contributed by atoms with Gasteiger partial charge >= 0.3 is 0 Å². The van der Waals surface area contributed by atoms with Crippen LogP contribution in [0.3, 0.4) is 0 Å². The van der Waals surface area contributed by atoms with E-state index in [9.17, 15) is 4.79 Å². The summed E-state index contributed by atoms with van der Waals surface area (Å²) in [7, 11) is 0. The molecule has 1 aliphatic rings. The predicted molar refractivity (Wildman–Crippen MR) is 130 cm³/mol. The predicted octanol–water partition coefficient (Wildman–Crippen LogP) is 6.31. The molecular formula is C28H29N3O. The monoisotopic (exact) mass is 423 g/mol. The molecule has 5 rings (SSSR count). The van der Waals surface area contributed by atoms with Crippen molar-refractivity contribution in [1.29, 1.82) is 0 Å². The fourth-order valence-electron chi connectivity index (χ4n) is 4.90. The number of nitrogens with zero attached hydrogens (tertiary/aromatic N) is 2. The van der Waals surface area contributed by atoms with Gasteiger partial charge in [-0.3, -0.25) is 4.79 Å². The molecule has 1 aromatic heterocycles. The first-order valence-corrected chi connectivity index (χ1v) is 11.3. The Morgan fingerprint density at radius 3 is 2.53 bits per heavy atom. The van der Waals surface area contributed by atoms with Crippen LogP contribution in [0.4, 0.5) is 0 Å². The van der Waals surface area contributed by atoms with Crippen LogP contribution in [0.5, 0.6) is 0 Å². The molecule has 1 saturated heterocycles. The average Bonchev–Trinajstić information content (AvgIpc) is 3.42. The van der Waals surface area contributed by atoms with Crippen molar-refractivity contribution in [3.63, 3.8) is 0 Å². The Morgan fingerprint density at radius 1 is 1.00 bits per heavy atom. The maximum absolute atomic E-state index is 13.9. The number of aryl methyl sites for hydroxylation is 3. The minimum Gasteiger partial charge on any atom is -0.340 e. The molecule has 0 radical (unpaired) electrons. The Bertz CT molecular complexity index is 1320. The molecule has 1 N–H and O–H groups in total. The number of H-pyrrole nitrogens is 1. The van der Waals surface area contributed by atoms with E-state index in [4.69, 9.17) is 4.98 Å². The lowest BCUT2D eigenvalue weighted by molar-refractivity contribution is 0.0607. The third-order valence-corrected chi connectivity index (χ3v) is 7.09. The summed E-state index contributed by atoms with van der Waals surface area (Å²) in [6.07, 6.45) is 1.85. The van der Waals surface area contributed by atoms with Crippen LogP contribution in [0, 0.1) is 20.8 Å². The maximum Gasteiger partial charge on any atom is 0.255 e. The molecule has 1 aliphatic heterocycles. The molecule has 4 heteroatoms. The molecule has 0 aliphatic carbocycles. The van der Waals surface area contributed by atoms with Crippen molar-refractivity contribution in [3.8, 4) is 11.1 Å². The summed E-state index contributed by atoms with van der Waals surface area (Å²) in [4.78, 5) is 24.5. The smallest absolute Gasteiger partial charge is 0.255 e. The summed E-state index contributed by atoms with van der Waals surface area (Å²) in [6, 6.07) is 20.5. The first-order valence-electron chi connectivity index (χ1n) is 11.3. The van der Waals surface area contributed by atoms with Crippen molar-refractivity contribution in [3.05, 3.63) is 88.7 Å².